The average Bonchev–Trinajstić information content (AvgIpc) is 2.37. The van der Waals surface area contributed by atoms with Gasteiger partial charge in [0.25, 0.3) is 0 Å². The molecule has 2 nitrogen and oxygen atoms in total. The van der Waals surface area contributed by atoms with Gasteiger partial charge in [-0.15, -0.1) is 0 Å². The summed E-state index contributed by atoms with van der Waals surface area (Å²) in [7, 11) is 0. The lowest BCUT2D eigenvalue weighted by atomic mass is 9.96. The summed E-state index contributed by atoms with van der Waals surface area (Å²) < 4.78 is 5.17. The molecule has 1 aromatic heterocycles. The Bertz CT molecular complexity index is 265. The minimum atomic E-state index is -0.271. The summed E-state index contributed by atoms with van der Waals surface area (Å²) in [4.78, 5) is 0. The van der Waals surface area contributed by atoms with E-state index in [1.807, 2.05) is 39.0 Å². The highest BCUT2D eigenvalue weighted by atomic mass is 16.3. The van der Waals surface area contributed by atoms with E-state index in [-0.39, 0.29) is 5.54 Å². The van der Waals surface area contributed by atoms with Crippen molar-refractivity contribution in [3.05, 3.63) is 29.7 Å². The molecule has 0 atom stereocenters. The third kappa shape index (κ3) is 2.24. The van der Waals surface area contributed by atoms with Gasteiger partial charge in [-0.05, 0) is 39.0 Å². The minimum Gasteiger partial charge on any atom is -0.465 e. The highest BCUT2D eigenvalue weighted by Gasteiger charge is 2.12. The standard InChI is InChI=1S/C10H15NO/c1-8(10(2,3)11)7-9-5-4-6-12-9/h4-7H,11H2,1-3H3/b8-7+. The molecule has 0 saturated carbocycles. The van der Waals surface area contributed by atoms with Crippen LogP contribution in [0.1, 0.15) is 26.5 Å². The second-order valence-electron chi connectivity index (χ2n) is 3.56. The Morgan fingerprint density at radius 2 is 2.25 bits per heavy atom. The molecule has 2 N–H and O–H groups in total. The maximum atomic E-state index is 5.89. The molecular formula is C10H15NO. The van der Waals surface area contributed by atoms with Gasteiger partial charge in [0.2, 0.25) is 0 Å². The van der Waals surface area contributed by atoms with Crippen LogP contribution in [-0.2, 0) is 0 Å². The van der Waals surface area contributed by atoms with Crippen molar-refractivity contribution in [1.82, 2.24) is 0 Å². The highest BCUT2D eigenvalue weighted by molar-refractivity contribution is 5.49. The molecule has 1 heterocycles. The van der Waals surface area contributed by atoms with Crippen LogP contribution in [0.4, 0.5) is 0 Å². The summed E-state index contributed by atoms with van der Waals surface area (Å²) in [6, 6.07) is 3.78. The van der Waals surface area contributed by atoms with Crippen LogP contribution in [0.5, 0.6) is 0 Å². The molecule has 0 spiro atoms. The van der Waals surface area contributed by atoms with Crippen LogP contribution in [0.25, 0.3) is 6.08 Å². The molecule has 0 aliphatic rings. The molecule has 0 amide bonds. The van der Waals surface area contributed by atoms with Crippen molar-refractivity contribution < 1.29 is 4.42 Å². The van der Waals surface area contributed by atoms with Gasteiger partial charge in [0, 0.05) is 5.54 Å². The summed E-state index contributed by atoms with van der Waals surface area (Å²) in [6.45, 7) is 5.95. The van der Waals surface area contributed by atoms with Gasteiger partial charge in [-0.1, -0.05) is 5.57 Å². The van der Waals surface area contributed by atoms with Gasteiger partial charge in [-0.3, -0.25) is 0 Å². The second kappa shape index (κ2) is 3.15. The SMILES string of the molecule is C/C(=C\c1ccco1)C(C)(C)N. The van der Waals surface area contributed by atoms with Gasteiger partial charge >= 0.3 is 0 Å². The number of furan rings is 1. The normalized spacial score (nSPS) is 13.5. The Morgan fingerprint density at radius 1 is 1.58 bits per heavy atom. The zero-order chi connectivity index (χ0) is 9.19. The Kier molecular flexibility index (Phi) is 2.38. The topological polar surface area (TPSA) is 39.2 Å². The first kappa shape index (κ1) is 9.07. The first-order valence-corrected chi connectivity index (χ1v) is 4.01. The van der Waals surface area contributed by atoms with E-state index in [0.717, 1.165) is 11.3 Å². The molecule has 0 aliphatic carbocycles. The molecule has 0 radical (unpaired) electrons. The van der Waals surface area contributed by atoms with Gasteiger partial charge < -0.3 is 10.2 Å². The van der Waals surface area contributed by atoms with Crippen LogP contribution in [-0.4, -0.2) is 5.54 Å². The Morgan fingerprint density at radius 3 is 2.67 bits per heavy atom. The van der Waals surface area contributed by atoms with Gasteiger partial charge in [0.05, 0.1) is 6.26 Å². The molecule has 12 heavy (non-hydrogen) atoms. The van der Waals surface area contributed by atoms with Gasteiger partial charge in [-0.25, -0.2) is 0 Å². The Balaban J connectivity index is 2.84. The molecule has 66 valence electrons. The van der Waals surface area contributed by atoms with Crippen molar-refractivity contribution in [3.63, 3.8) is 0 Å². The van der Waals surface area contributed by atoms with Crippen molar-refractivity contribution in [2.45, 2.75) is 26.3 Å². The number of hydrogen-bond donors (Lipinski definition) is 1. The van der Waals surface area contributed by atoms with Crippen molar-refractivity contribution in [3.8, 4) is 0 Å². The summed E-state index contributed by atoms with van der Waals surface area (Å²) in [5.41, 5.74) is 6.72. The molecule has 1 rings (SSSR count). The fourth-order valence-corrected chi connectivity index (χ4v) is 0.773. The number of hydrogen-bond acceptors (Lipinski definition) is 2. The van der Waals surface area contributed by atoms with E-state index >= 15 is 0 Å². The smallest absolute Gasteiger partial charge is 0.126 e. The molecule has 2 heteroatoms. The van der Waals surface area contributed by atoms with Crippen LogP contribution in [0, 0.1) is 0 Å². The van der Waals surface area contributed by atoms with E-state index in [4.69, 9.17) is 10.2 Å². The average molecular weight is 165 g/mol. The van der Waals surface area contributed by atoms with E-state index in [1.165, 1.54) is 0 Å². The van der Waals surface area contributed by atoms with Crippen LogP contribution < -0.4 is 5.73 Å². The third-order valence-corrected chi connectivity index (χ3v) is 1.92. The van der Waals surface area contributed by atoms with E-state index in [2.05, 4.69) is 0 Å². The lowest BCUT2D eigenvalue weighted by Crippen LogP contribution is -2.32. The Hall–Kier alpha value is -1.02. The quantitative estimate of drug-likeness (QED) is 0.731. The number of nitrogens with two attached hydrogens (primary N) is 1. The maximum absolute atomic E-state index is 5.89. The van der Waals surface area contributed by atoms with E-state index in [0.29, 0.717) is 0 Å². The van der Waals surface area contributed by atoms with Crippen LogP contribution >= 0.6 is 0 Å². The number of rotatable bonds is 2. The summed E-state index contributed by atoms with van der Waals surface area (Å²) in [6.07, 6.45) is 3.61. The zero-order valence-corrected chi connectivity index (χ0v) is 7.79. The predicted octanol–water partition coefficient (Wildman–Crippen LogP) is 2.42. The van der Waals surface area contributed by atoms with Crippen LogP contribution in [0.2, 0.25) is 0 Å². The van der Waals surface area contributed by atoms with E-state index < -0.39 is 0 Å². The fourth-order valence-electron chi connectivity index (χ4n) is 0.773. The fraction of sp³-hybridized carbons (Fsp3) is 0.400. The predicted molar refractivity (Wildman–Crippen MR) is 50.6 cm³/mol. The lowest BCUT2D eigenvalue weighted by molar-refractivity contribution is 0.552. The van der Waals surface area contributed by atoms with E-state index in [9.17, 15) is 0 Å². The second-order valence-corrected chi connectivity index (χ2v) is 3.56. The summed E-state index contributed by atoms with van der Waals surface area (Å²) in [5.74, 6) is 0.853. The monoisotopic (exact) mass is 165 g/mol. The van der Waals surface area contributed by atoms with Gasteiger partial charge in [0.15, 0.2) is 0 Å². The molecule has 0 aromatic carbocycles. The van der Waals surface area contributed by atoms with Crippen molar-refractivity contribution in [2.24, 2.45) is 5.73 Å². The lowest BCUT2D eigenvalue weighted by Gasteiger charge is -2.18. The van der Waals surface area contributed by atoms with Crippen LogP contribution in [0.15, 0.2) is 28.4 Å². The first-order chi connectivity index (χ1) is 5.50. The van der Waals surface area contributed by atoms with Crippen LogP contribution in [0.3, 0.4) is 0 Å². The molecule has 0 fully saturated rings. The minimum absolute atomic E-state index is 0.271. The summed E-state index contributed by atoms with van der Waals surface area (Å²) >= 11 is 0. The molecule has 0 aliphatic heterocycles. The summed E-state index contributed by atoms with van der Waals surface area (Å²) in [5, 5.41) is 0. The first-order valence-electron chi connectivity index (χ1n) is 4.01. The maximum Gasteiger partial charge on any atom is 0.126 e. The zero-order valence-electron chi connectivity index (χ0n) is 7.79. The molecular weight excluding hydrogens is 150 g/mol. The van der Waals surface area contributed by atoms with Gasteiger partial charge in [-0.2, -0.15) is 0 Å². The molecule has 0 bridgehead atoms. The van der Waals surface area contributed by atoms with Gasteiger partial charge in [0.1, 0.15) is 5.76 Å². The molecule has 0 unspecified atom stereocenters. The highest BCUT2D eigenvalue weighted by Crippen LogP contribution is 2.15. The largest absolute Gasteiger partial charge is 0.465 e. The third-order valence-electron chi connectivity index (χ3n) is 1.92. The van der Waals surface area contributed by atoms with Crippen molar-refractivity contribution >= 4 is 6.08 Å². The molecule has 0 saturated heterocycles. The van der Waals surface area contributed by atoms with E-state index in [1.54, 1.807) is 6.26 Å². The van der Waals surface area contributed by atoms with Crippen molar-refractivity contribution in [2.75, 3.05) is 0 Å². The molecule has 1 aromatic rings. The van der Waals surface area contributed by atoms with Crippen molar-refractivity contribution in [1.29, 1.82) is 0 Å². The Labute approximate surface area is 73.1 Å².